The van der Waals surface area contributed by atoms with E-state index in [9.17, 15) is 0 Å². The lowest BCUT2D eigenvalue weighted by Gasteiger charge is -2.48. The average molecular weight is 409 g/mol. The van der Waals surface area contributed by atoms with Gasteiger partial charge in [0, 0.05) is 42.1 Å². The monoisotopic (exact) mass is 408 g/mol. The summed E-state index contributed by atoms with van der Waals surface area (Å²) in [5, 5.41) is 5.28. The van der Waals surface area contributed by atoms with Crippen molar-refractivity contribution in [3.63, 3.8) is 0 Å². The van der Waals surface area contributed by atoms with Crippen LogP contribution in [0.5, 0.6) is 0 Å². The highest BCUT2D eigenvalue weighted by Gasteiger charge is 2.43. The molecular formula is C23H25ClN4O. The van der Waals surface area contributed by atoms with Crippen LogP contribution in [-0.2, 0) is 23.3 Å². The van der Waals surface area contributed by atoms with Gasteiger partial charge in [-0.2, -0.15) is 5.10 Å². The fourth-order valence-corrected chi connectivity index (χ4v) is 4.95. The van der Waals surface area contributed by atoms with Gasteiger partial charge < -0.3 is 4.74 Å². The maximum absolute atomic E-state index is 6.41. The molecule has 0 aliphatic carbocycles. The van der Waals surface area contributed by atoms with Crippen molar-refractivity contribution in [2.45, 2.75) is 44.4 Å². The number of aromatic nitrogens is 3. The van der Waals surface area contributed by atoms with Crippen molar-refractivity contribution in [3.8, 4) is 5.82 Å². The lowest BCUT2D eigenvalue weighted by Crippen LogP contribution is -2.50. The third kappa shape index (κ3) is 3.59. The standard InChI is InChI=1S/C23H25ClN4O/c1-17-13-23(21-12-20(24)6-5-19(21)7-11-29-23)8-10-27(17)15-18-14-26-28(16-18)22-4-2-3-9-25-22/h2-6,9,12,14,16-17H,7-8,10-11,13,15H2,1H3/t17-,23+/m0/s1. The van der Waals surface area contributed by atoms with E-state index < -0.39 is 0 Å². The van der Waals surface area contributed by atoms with Gasteiger partial charge in [0.05, 0.1) is 18.4 Å². The molecule has 2 aliphatic rings. The third-order valence-corrected chi connectivity index (χ3v) is 6.50. The summed E-state index contributed by atoms with van der Waals surface area (Å²) < 4.78 is 8.25. The average Bonchev–Trinajstić information content (AvgIpc) is 3.20. The normalized spacial score (nSPS) is 24.6. The summed E-state index contributed by atoms with van der Waals surface area (Å²) >= 11 is 6.32. The summed E-state index contributed by atoms with van der Waals surface area (Å²) in [6.45, 7) is 4.96. The second kappa shape index (κ2) is 7.56. The minimum absolute atomic E-state index is 0.202. The molecule has 6 heteroatoms. The number of likely N-dealkylation sites (tertiary alicyclic amines) is 1. The van der Waals surface area contributed by atoms with E-state index in [0.717, 1.165) is 49.8 Å². The van der Waals surface area contributed by atoms with Crippen molar-refractivity contribution in [2.24, 2.45) is 0 Å². The summed E-state index contributed by atoms with van der Waals surface area (Å²) in [6.07, 6.45) is 8.74. The number of fused-ring (bicyclic) bond motifs is 2. The van der Waals surface area contributed by atoms with Crippen LogP contribution >= 0.6 is 11.6 Å². The van der Waals surface area contributed by atoms with Crippen molar-refractivity contribution in [1.82, 2.24) is 19.7 Å². The highest BCUT2D eigenvalue weighted by atomic mass is 35.5. The second-order valence-corrected chi connectivity index (χ2v) is 8.59. The van der Waals surface area contributed by atoms with Crippen LogP contribution < -0.4 is 0 Å². The molecule has 0 unspecified atom stereocenters. The predicted molar refractivity (Wildman–Crippen MR) is 113 cm³/mol. The maximum atomic E-state index is 6.41. The van der Waals surface area contributed by atoms with Crippen LogP contribution in [0.4, 0.5) is 0 Å². The van der Waals surface area contributed by atoms with E-state index in [-0.39, 0.29) is 5.60 Å². The SMILES string of the molecule is C[C@H]1C[C@@]2(CCN1Cc1cnn(-c3ccccn3)c1)OCCc1ccc(Cl)cc12. The van der Waals surface area contributed by atoms with Gasteiger partial charge in [-0.3, -0.25) is 4.90 Å². The zero-order chi connectivity index (χ0) is 19.8. The van der Waals surface area contributed by atoms with Crippen molar-refractivity contribution >= 4 is 11.6 Å². The van der Waals surface area contributed by atoms with Crippen LogP contribution in [0.1, 0.15) is 36.5 Å². The van der Waals surface area contributed by atoms with E-state index in [2.05, 4.69) is 40.2 Å². The van der Waals surface area contributed by atoms with E-state index in [1.807, 2.05) is 35.1 Å². The molecule has 5 nitrogen and oxygen atoms in total. The molecule has 1 spiro atoms. The molecular weight excluding hydrogens is 384 g/mol. The summed E-state index contributed by atoms with van der Waals surface area (Å²) in [6, 6.07) is 12.6. The molecule has 0 saturated carbocycles. The smallest absolute Gasteiger partial charge is 0.153 e. The Bertz CT molecular complexity index is 1010. The number of hydrogen-bond donors (Lipinski definition) is 0. The Hall–Kier alpha value is -2.21. The second-order valence-electron chi connectivity index (χ2n) is 8.15. The van der Waals surface area contributed by atoms with Gasteiger partial charge in [0.2, 0.25) is 0 Å². The Kier molecular flexibility index (Phi) is 4.90. The van der Waals surface area contributed by atoms with Crippen LogP contribution in [0.15, 0.2) is 55.0 Å². The molecule has 4 heterocycles. The topological polar surface area (TPSA) is 43.2 Å². The zero-order valence-electron chi connectivity index (χ0n) is 16.6. The van der Waals surface area contributed by atoms with Gasteiger partial charge in [-0.25, -0.2) is 9.67 Å². The van der Waals surface area contributed by atoms with Gasteiger partial charge in [-0.05, 0) is 61.6 Å². The Balaban J connectivity index is 1.32. The molecule has 5 rings (SSSR count). The minimum atomic E-state index is -0.202. The Morgan fingerprint density at radius 3 is 3.03 bits per heavy atom. The number of nitrogens with zero attached hydrogens (tertiary/aromatic N) is 4. The van der Waals surface area contributed by atoms with Crippen LogP contribution in [0.25, 0.3) is 5.82 Å². The summed E-state index contributed by atoms with van der Waals surface area (Å²) in [5.74, 6) is 0.841. The van der Waals surface area contributed by atoms with Gasteiger partial charge >= 0.3 is 0 Å². The first-order valence-electron chi connectivity index (χ1n) is 10.2. The lowest BCUT2D eigenvalue weighted by atomic mass is 9.77. The van der Waals surface area contributed by atoms with Crippen LogP contribution in [0.3, 0.4) is 0 Å². The molecule has 2 aromatic heterocycles. The first kappa shape index (κ1) is 18.8. The van der Waals surface area contributed by atoms with E-state index in [1.165, 1.54) is 16.7 Å². The molecule has 1 aromatic carbocycles. The predicted octanol–water partition coefficient (Wildman–Crippen LogP) is 4.37. The van der Waals surface area contributed by atoms with Gasteiger partial charge in [-0.1, -0.05) is 23.7 Å². The Labute approximate surface area is 176 Å². The highest BCUT2D eigenvalue weighted by Crippen LogP contribution is 2.44. The van der Waals surface area contributed by atoms with E-state index in [1.54, 1.807) is 6.20 Å². The van der Waals surface area contributed by atoms with E-state index in [0.29, 0.717) is 6.04 Å². The molecule has 2 atom stereocenters. The molecule has 3 aromatic rings. The van der Waals surface area contributed by atoms with E-state index >= 15 is 0 Å². The number of halogens is 1. The van der Waals surface area contributed by atoms with Gasteiger partial charge in [0.25, 0.3) is 0 Å². The van der Waals surface area contributed by atoms with Crippen molar-refractivity contribution in [1.29, 1.82) is 0 Å². The number of pyridine rings is 1. The Morgan fingerprint density at radius 2 is 2.21 bits per heavy atom. The first-order valence-corrected chi connectivity index (χ1v) is 10.6. The number of rotatable bonds is 3. The van der Waals surface area contributed by atoms with Crippen molar-refractivity contribution < 1.29 is 4.74 Å². The number of ether oxygens (including phenoxy) is 1. The van der Waals surface area contributed by atoms with Crippen LogP contribution in [0, 0.1) is 0 Å². The Morgan fingerprint density at radius 1 is 1.28 bits per heavy atom. The maximum Gasteiger partial charge on any atom is 0.153 e. The number of hydrogen-bond acceptors (Lipinski definition) is 4. The van der Waals surface area contributed by atoms with Gasteiger partial charge in [0.1, 0.15) is 0 Å². The van der Waals surface area contributed by atoms with Gasteiger partial charge in [0.15, 0.2) is 5.82 Å². The first-order chi connectivity index (χ1) is 14.1. The third-order valence-electron chi connectivity index (χ3n) is 6.27. The molecule has 0 N–H and O–H groups in total. The largest absolute Gasteiger partial charge is 0.370 e. The highest BCUT2D eigenvalue weighted by molar-refractivity contribution is 6.30. The van der Waals surface area contributed by atoms with Crippen molar-refractivity contribution in [3.05, 3.63) is 76.7 Å². The summed E-state index contributed by atoms with van der Waals surface area (Å²) in [4.78, 5) is 6.89. The molecule has 1 fully saturated rings. The van der Waals surface area contributed by atoms with Crippen molar-refractivity contribution in [2.75, 3.05) is 13.2 Å². The molecule has 0 radical (unpaired) electrons. The molecule has 2 aliphatic heterocycles. The van der Waals surface area contributed by atoms with Crippen LogP contribution in [-0.4, -0.2) is 38.9 Å². The molecule has 29 heavy (non-hydrogen) atoms. The fourth-order valence-electron chi connectivity index (χ4n) is 4.78. The fraction of sp³-hybridized carbons (Fsp3) is 0.391. The number of piperidine rings is 1. The van der Waals surface area contributed by atoms with Gasteiger partial charge in [-0.15, -0.1) is 0 Å². The molecule has 1 saturated heterocycles. The van der Waals surface area contributed by atoms with E-state index in [4.69, 9.17) is 16.3 Å². The van der Waals surface area contributed by atoms with Crippen LogP contribution in [0.2, 0.25) is 5.02 Å². The molecule has 0 bridgehead atoms. The minimum Gasteiger partial charge on any atom is -0.370 e. The quantitative estimate of drug-likeness (QED) is 0.645. The lowest BCUT2D eigenvalue weighted by molar-refractivity contribution is -0.113. The zero-order valence-corrected chi connectivity index (χ0v) is 17.3. The summed E-state index contributed by atoms with van der Waals surface area (Å²) in [5.41, 5.74) is 3.68. The summed E-state index contributed by atoms with van der Waals surface area (Å²) in [7, 11) is 0. The number of benzene rings is 1. The molecule has 150 valence electrons. The molecule has 0 amide bonds.